The highest BCUT2D eigenvalue weighted by atomic mass is 16.3. The Morgan fingerprint density at radius 2 is 1.64 bits per heavy atom. The number of fused-ring (bicyclic) bond motifs is 2. The standard InChI is InChI=1S/C12H21NO/c14-12-9-3-5-10(12)11(6-4-9)13-7-1-2-8-13/h9-12,14H,1-8H2/p+1/t9-,10+,11-,12+/m1/s1. The minimum atomic E-state index is 0.0573. The molecule has 0 unspecified atom stereocenters. The second-order valence-electron chi connectivity index (χ2n) is 5.54. The highest BCUT2D eigenvalue weighted by Crippen LogP contribution is 2.41. The first-order valence-corrected chi connectivity index (χ1v) is 6.39. The van der Waals surface area contributed by atoms with E-state index in [0.717, 1.165) is 6.04 Å². The van der Waals surface area contributed by atoms with Crippen LogP contribution in [-0.4, -0.2) is 30.3 Å². The number of aliphatic hydroxyl groups excluding tert-OH is 1. The van der Waals surface area contributed by atoms with Crippen molar-refractivity contribution in [2.75, 3.05) is 13.1 Å². The minimum absolute atomic E-state index is 0.0573. The third-order valence-corrected chi connectivity index (χ3v) is 4.93. The third-order valence-electron chi connectivity index (χ3n) is 4.93. The molecule has 2 nitrogen and oxygen atoms in total. The van der Waals surface area contributed by atoms with Crippen LogP contribution in [0.3, 0.4) is 0 Å². The van der Waals surface area contributed by atoms with Crippen LogP contribution in [0.25, 0.3) is 0 Å². The van der Waals surface area contributed by atoms with Crippen molar-refractivity contribution in [3.05, 3.63) is 0 Å². The fourth-order valence-corrected chi connectivity index (χ4v) is 4.17. The van der Waals surface area contributed by atoms with Crippen LogP contribution in [-0.2, 0) is 0 Å². The summed E-state index contributed by atoms with van der Waals surface area (Å²) < 4.78 is 0. The molecule has 2 bridgehead atoms. The fourth-order valence-electron chi connectivity index (χ4n) is 4.17. The number of likely N-dealkylation sites (tertiary alicyclic amines) is 1. The Balaban J connectivity index is 1.73. The summed E-state index contributed by atoms with van der Waals surface area (Å²) in [6, 6.07) is 0.811. The number of nitrogens with one attached hydrogen (secondary N) is 1. The predicted octanol–water partition coefficient (Wildman–Crippen LogP) is 0.215. The Kier molecular flexibility index (Phi) is 2.29. The first-order valence-electron chi connectivity index (χ1n) is 6.39. The molecule has 3 fully saturated rings. The topological polar surface area (TPSA) is 24.7 Å². The molecule has 2 saturated carbocycles. The smallest absolute Gasteiger partial charge is 0.0928 e. The van der Waals surface area contributed by atoms with Crippen molar-refractivity contribution in [2.45, 2.75) is 50.7 Å². The largest absolute Gasteiger partial charge is 0.392 e. The van der Waals surface area contributed by atoms with E-state index in [9.17, 15) is 5.11 Å². The van der Waals surface area contributed by atoms with Gasteiger partial charge in [0.2, 0.25) is 0 Å². The maximum absolute atomic E-state index is 10.1. The molecule has 3 aliphatic rings. The zero-order valence-corrected chi connectivity index (χ0v) is 8.91. The van der Waals surface area contributed by atoms with Crippen LogP contribution in [0.5, 0.6) is 0 Å². The Labute approximate surface area is 86.3 Å². The lowest BCUT2D eigenvalue weighted by molar-refractivity contribution is -0.919. The van der Waals surface area contributed by atoms with Gasteiger partial charge in [0.25, 0.3) is 0 Å². The van der Waals surface area contributed by atoms with Crippen LogP contribution in [0.2, 0.25) is 0 Å². The van der Waals surface area contributed by atoms with Crippen molar-refractivity contribution in [2.24, 2.45) is 11.8 Å². The summed E-state index contributed by atoms with van der Waals surface area (Å²) in [5.74, 6) is 1.32. The number of rotatable bonds is 1. The fraction of sp³-hybridized carbons (Fsp3) is 1.00. The van der Waals surface area contributed by atoms with Gasteiger partial charge in [-0.25, -0.2) is 0 Å². The van der Waals surface area contributed by atoms with Gasteiger partial charge in [0.1, 0.15) is 0 Å². The van der Waals surface area contributed by atoms with E-state index in [1.807, 2.05) is 4.90 Å². The highest BCUT2D eigenvalue weighted by molar-refractivity contribution is 4.93. The van der Waals surface area contributed by atoms with E-state index in [-0.39, 0.29) is 6.10 Å². The highest BCUT2D eigenvalue weighted by Gasteiger charge is 2.47. The van der Waals surface area contributed by atoms with Gasteiger partial charge < -0.3 is 10.0 Å². The molecule has 0 spiro atoms. The number of hydrogen-bond acceptors (Lipinski definition) is 1. The van der Waals surface area contributed by atoms with Crippen molar-refractivity contribution < 1.29 is 10.0 Å². The summed E-state index contributed by atoms with van der Waals surface area (Å²) >= 11 is 0. The van der Waals surface area contributed by atoms with Crippen molar-refractivity contribution in [3.63, 3.8) is 0 Å². The Bertz CT molecular complexity index is 212. The van der Waals surface area contributed by atoms with Gasteiger partial charge in [-0.2, -0.15) is 0 Å². The van der Waals surface area contributed by atoms with Gasteiger partial charge in [-0.05, 0) is 25.2 Å². The average molecular weight is 196 g/mol. The van der Waals surface area contributed by atoms with Gasteiger partial charge in [-0.15, -0.1) is 0 Å². The van der Waals surface area contributed by atoms with Gasteiger partial charge >= 0.3 is 0 Å². The molecular weight excluding hydrogens is 174 g/mol. The van der Waals surface area contributed by atoms with E-state index >= 15 is 0 Å². The monoisotopic (exact) mass is 196 g/mol. The zero-order valence-electron chi connectivity index (χ0n) is 8.91. The summed E-state index contributed by atoms with van der Waals surface area (Å²) in [7, 11) is 0. The van der Waals surface area contributed by atoms with E-state index in [2.05, 4.69) is 0 Å². The summed E-state index contributed by atoms with van der Waals surface area (Å²) in [5.41, 5.74) is 0. The molecule has 0 aromatic heterocycles. The number of hydrogen-bond donors (Lipinski definition) is 2. The Morgan fingerprint density at radius 1 is 0.929 bits per heavy atom. The second kappa shape index (κ2) is 3.49. The van der Waals surface area contributed by atoms with Crippen LogP contribution in [0.4, 0.5) is 0 Å². The molecule has 0 aromatic carbocycles. The summed E-state index contributed by atoms with van der Waals surface area (Å²) in [6.45, 7) is 2.75. The van der Waals surface area contributed by atoms with Crippen molar-refractivity contribution in [3.8, 4) is 0 Å². The molecule has 2 aliphatic carbocycles. The van der Waals surface area contributed by atoms with Gasteiger partial charge in [-0.1, -0.05) is 0 Å². The van der Waals surface area contributed by atoms with Gasteiger partial charge in [0.05, 0.1) is 25.2 Å². The van der Waals surface area contributed by atoms with Crippen LogP contribution in [0.1, 0.15) is 38.5 Å². The van der Waals surface area contributed by atoms with E-state index in [1.54, 1.807) is 0 Å². The Morgan fingerprint density at radius 3 is 2.43 bits per heavy atom. The van der Waals surface area contributed by atoms with Crippen LogP contribution in [0, 0.1) is 11.8 Å². The first kappa shape index (κ1) is 9.17. The zero-order chi connectivity index (χ0) is 9.54. The summed E-state index contributed by atoms with van der Waals surface area (Å²) in [5, 5.41) is 10.1. The summed E-state index contributed by atoms with van der Waals surface area (Å²) in [4.78, 5) is 1.81. The SMILES string of the molecule is O[C@H]1[C@@H]2CC[C@H]1[C@H]([NH+]1CCCC1)CC2. The molecule has 80 valence electrons. The molecule has 1 aliphatic heterocycles. The first-order chi connectivity index (χ1) is 6.86. The molecule has 0 amide bonds. The lowest BCUT2D eigenvalue weighted by Gasteiger charge is -2.36. The molecule has 4 atom stereocenters. The van der Waals surface area contributed by atoms with E-state index < -0.39 is 0 Å². The van der Waals surface area contributed by atoms with Crippen LogP contribution in [0.15, 0.2) is 0 Å². The predicted molar refractivity (Wildman–Crippen MR) is 55.2 cm³/mol. The lowest BCUT2D eigenvalue weighted by Crippen LogP contribution is -3.15. The van der Waals surface area contributed by atoms with E-state index in [1.165, 1.54) is 51.6 Å². The Hall–Kier alpha value is -0.0800. The lowest BCUT2D eigenvalue weighted by atomic mass is 9.81. The molecular formula is C12H22NO+. The van der Waals surface area contributed by atoms with Gasteiger partial charge in [-0.3, -0.25) is 0 Å². The van der Waals surface area contributed by atoms with Crippen LogP contribution < -0.4 is 4.90 Å². The van der Waals surface area contributed by atoms with Crippen molar-refractivity contribution in [1.29, 1.82) is 0 Å². The average Bonchev–Trinajstić information content (AvgIpc) is 2.76. The van der Waals surface area contributed by atoms with Crippen molar-refractivity contribution >= 4 is 0 Å². The molecule has 14 heavy (non-hydrogen) atoms. The quantitative estimate of drug-likeness (QED) is 0.616. The summed E-state index contributed by atoms with van der Waals surface area (Å²) in [6.07, 6.45) is 8.18. The molecule has 2 N–H and O–H groups in total. The number of quaternary nitrogens is 1. The van der Waals surface area contributed by atoms with Gasteiger partial charge in [0, 0.05) is 25.2 Å². The molecule has 0 radical (unpaired) electrons. The molecule has 1 heterocycles. The second-order valence-corrected chi connectivity index (χ2v) is 5.54. The van der Waals surface area contributed by atoms with Crippen LogP contribution >= 0.6 is 0 Å². The maximum atomic E-state index is 10.1. The minimum Gasteiger partial charge on any atom is -0.392 e. The van der Waals surface area contributed by atoms with E-state index in [0.29, 0.717) is 11.8 Å². The maximum Gasteiger partial charge on any atom is 0.0928 e. The van der Waals surface area contributed by atoms with Gasteiger partial charge in [0.15, 0.2) is 0 Å². The molecule has 0 aromatic rings. The molecule has 2 heteroatoms. The van der Waals surface area contributed by atoms with Crippen molar-refractivity contribution in [1.82, 2.24) is 0 Å². The van der Waals surface area contributed by atoms with E-state index in [4.69, 9.17) is 0 Å². The molecule has 1 saturated heterocycles. The third kappa shape index (κ3) is 1.31. The normalized spacial score (nSPS) is 48.6. The molecule has 3 rings (SSSR count). The number of aliphatic hydroxyl groups is 1.